The largest absolute Gasteiger partial charge is 0.490 e. The lowest BCUT2D eigenvalue weighted by Gasteiger charge is -2.30. The maximum absolute atomic E-state index is 12.7. The zero-order chi connectivity index (χ0) is 53.4. The molecule has 0 radical (unpaired) electrons. The van der Waals surface area contributed by atoms with Crippen molar-refractivity contribution < 1.29 is 52.9 Å². The molecule has 3 N–H and O–H groups in total. The van der Waals surface area contributed by atoms with Crippen LogP contribution in [0.3, 0.4) is 0 Å². The molecular weight excluding hydrogens is 966 g/mol. The Balaban J connectivity index is 0.000000182. The van der Waals surface area contributed by atoms with Crippen LogP contribution in [0.25, 0.3) is 0 Å². The Morgan fingerprint density at radius 3 is 1.45 bits per heavy atom. The van der Waals surface area contributed by atoms with Crippen LogP contribution in [0.5, 0.6) is 11.5 Å². The lowest BCUT2D eigenvalue weighted by Crippen LogP contribution is -2.38. The Morgan fingerprint density at radius 1 is 0.595 bits per heavy atom. The fourth-order valence-electron chi connectivity index (χ4n) is 7.73. The molecule has 0 spiro atoms. The molecule has 3 aliphatic heterocycles. The summed E-state index contributed by atoms with van der Waals surface area (Å²) >= 11 is 5.16. The number of fused-ring (bicyclic) bond motifs is 3. The number of nitrogens with one attached hydrogen (secondary N) is 2. The minimum absolute atomic E-state index is 0.118. The SMILES string of the molecule is CCN(CC)CC.COC(=O)c1ccc2c(c1)N(C(=O)c1ccccc1)CCO2.COC(=O)c1ccc2c(c1)NCCC2.O=C(Cl)c1ccccc1.O=C(NO)c1ccc2c(c1)N(C(=O)c1ccccc1)CCO2. The van der Waals surface area contributed by atoms with Crippen LogP contribution in [0.15, 0.2) is 146 Å². The zero-order valence-corrected chi connectivity index (χ0v) is 42.9. The highest BCUT2D eigenvalue weighted by Gasteiger charge is 2.27. The standard InChI is InChI=1S/C17H15NO4.C16H14N2O4.C11H13NO2.C7H5ClO.C6H15N/c1-21-17(20)13-7-8-15-14(11-13)18(9-10-22-15)16(19)12-5-3-2-4-6-12;19-15(17-21)12-6-7-14-13(10-12)18(8-9-22-14)16(20)11-4-2-1-3-5-11;1-14-11(13)9-5-4-8-3-2-6-12-10(8)7-9;8-7(9)6-4-2-1-3-5-6;1-4-7(5-2)6-3/h2-8,11H,9-10H2,1H3;1-7,10,21H,8-9H2,(H,17,19);4-5,7,12H,2-3,6H2,1H3;1-5H;4-6H2,1-3H3. The van der Waals surface area contributed by atoms with E-state index in [1.165, 1.54) is 51.6 Å². The average molecular weight is 1030 g/mol. The molecule has 0 bridgehead atoms. The van der Waals surface area contributed by atoms with Crippen molar-refractivity contribution in [3.63, 3.8) is 0 Å². The molecule has 3 heterocycles. The van der Waals surface area contributed by atoms with Gasteiger partial charge < -0.3 is 39.0 Å². The first-order valence-electron chi connectivity index (χ1n) is 24.1. The van der Waals surface area contributed by atoms with E-state index in [0.29, 0.717) is 77.0 Å². The van der Waals surface area contributed by atoms with Crippen molar-refractivity contribution in [3.05, 3.63) is 185 Å². The third-order valence-electron chi connectivity index (χ3n) is 11.8. The van der Waals surface area contributed by atoms with Gasteiger partial charge >= 0.3 is 11.9 Å². The van der Waals surface area contributed by atoms with E-state index in [1.54, 1.807) is 100 Å². The van der Waals surface area contributed by atoms with Crippen LogP contribution in [0.1, 0.15) is 94.9 Å². The number of esters is 2. The second kappa shape index (κ2) is 29.5. The molecule has 6 aromatic rings. The molecule has 0 atom stereocenters. The highest BCUT2D eigenvalue weighted by atomic mass is 35.5. The Kier molecular flexibility index (Phi) is 22.6. The van der Waals surface area contributed by atoms with Gasteiger partial charge in [0.1, 0.15) is 24.7 Å². The molecule has 0 saturated carbocycles. The van der Waals surface area contributed by atoms with Crippen LogP contribution in [0.4, 0.5) is 17.1 Å². The monoisotopic (exact) mass is 1030 g/mol. The number of anilines is 3. The first kappa shape index (κ1) is 56.9. The Hall–Kier alpha value is -8.05. The van der Waals surface area contributed by atoms with Crippen molar-refractivity contribution in [2.24, 2.45) is 0 Å². The van der Waals surface area contributed by atoms with E-state index in [-0.39, 0.29) is 23.3 Å². The molecule has 388 valence electrons. The van der Waals surface area contributed by atoms with Gasteiger partial charge in [0.15, 0.2) is 0 Å². The van der Waals surface area contributed by atoms with E-state index in [2.05, 4.69) is 35.7 Å². The highest BCUT2D eigenvalue weighted by molar-refractivity contribution is 6.67. The van der Waals surface area contributed by atoms with Gasteiger partial charge in [-0.25, -0.2) is 15.1 Å². The van der Waals surface area contributed by atoms with Crippen molar-refractivity contribution in [1.29, 1.82) is 0 Å². The van der Waals surface area contributed by atoms with Gasteiger partial charge in [0.2, 0.25) is 0 Å². The van der Waals surface area contributed by atoms with Crippen molar-refractivity contribution >= 4 is 63.6 Å². The Labute approximate surface area is 436 Å². The van der Waals surface area contributed by atoms with Crippen LogP contribution in [-0.4, -0.2) is 112 Å². The average Bonchev–Trinajstić information content (AvgIpc) is 3.47. The summed E-state index contributed by atoms with van der Waals surface area (Å²) in [5, 5.41) is 11.6. The van der Waals surface area contributed by atoms with Crippen molar-refractivity contribution in [3.8, 4) is 11.5 Å². The maximum Gasteiger partial charge on any atom is 0.337 e. The molecule has 0 aromatic heterocycles. The number of nitrogens with zero attached hydrogens (tertiary/aromatic N) is 3. The molecule has 0 fully saturated rings. The van der Waals surface area contributed by atoms with Gasteiger partial charge in [-0.05, 0) is 122 Å². The minimum atomic E-state index is -0.638. The Morgan fingerprint density at radius 2 is 1.03 bits per heavy atom. The number of rotatable bonds is 9. The number of aryl methyl sites for hydroxylation is 1. The fraction of sp³-hybridized carbons (Fsp3) is 0.263. The summed E-state index contributed by atoms with van der Waals surface area (Å²) in [6.45, 7) is 12.7. The molecule has 17 heteroatoms. The second-order valence-electron chi connectivity index (χ2n) is 16.3. The van der Waals surface area contributed by atoms with Gasteiger partial charge in [-0.3, -0.25) is 24.4 Å². The van der Waals surface area contributed by atoms with E-state index in [0.717, 1.165) is 25.1 Å². The van der Waals surface area contributed by atoms with Crippen LogP contribution < -0.4 is 30.1 Å². The summed E-state index contributed by atoms with van der Waals surface area (Å²) in [5.41, 5.74) is 7.98. The lowest BCUT2D eigenvalue weighted by molar-refractivity contribution is 0.0592. The topological polar surface area (TPSA) is 193 Å². The summed E-state index contributed by atoms with van der Waals surface area (Å²) in [6.07, 6.45) is 2.24. The van der Waals surface area contributed by atoms with E-state index in [9.17, 15) is 28.8 Å². The summed E-state index contributed by atoms with van der Waals surface area (Å²) in [6, 6.07) is 42.0. The lowest BCUT2D eigenvalue weighted by atomic mass is 10.0. The van der Waals surface area contributed by atoms with E-state index >= 15 is 0 Å². The first-order chi connectivity index (χ1) is 35.9. The molecule has 74 heavy (non-hydrogen) atoms. The normalized spacial score (nSPS) is 12.5. The number of hydrogen-bond acceptors (Lipinski definition) is 13. The van der Waals surface area contributed by atoms with Gasteiger partial charge in [-0.1, -0.05) is 93.6 Å². The molecule has 0 saturated heterocycles. The number of halogens is 1. The second-order valence-corrected chi connectivity index (χ2v) is 16.6. The number of ether oxygens (including phenoxy) is 4. The summed E-state index contributed by atoms with van der Waals surface area (Å²) in [7, 11) is 2.72. The van der Waals surface area contributed by atoms with Crippen LogP contribution >= 0.6 is 11.6 Å². The van der Waals surface area contributed by atoms with Crippen LogP contribution in [0.2, 0.25) is 0 Å². The molecule has 16 nitrogen and oxygen atoms in total. The maximum atomic E-state index is 12.7. The molecule has 9 rings (SSSR count). The van der Waals surface area contributed by atoms with Crippen molar-refractivity contribution in [2.45, 2.75) is 33.6 Å². The number of hydroxylamine groups is 1. The fourth-order valence-corrected chi connectivity index (χ4v) is 7.85. The predicted octanol–water partition coefficient (Wildman–Crippen LogP) is 9.60. The van der Waals surface area contributed by atoms with Gasteiger partial charge in [-0.2, -0.15) is 0 Å². The summed E-state index contributed by atoms with van der Waals surface area (Å²) in [5.74, 6) is -0.520. The number of carbonyl (C=O) groups excluding carboxylic acids is 6. The van der Waals surface area contributed by atoms with Gasteiger partial charge in [0, 0.05) is 34.5 Å². The van der Waals surface area contributed by atoms with Crippen LogP contribution in [0, 0.1) is 0 Å². The zero-order valence-electron chi connectivity index (χ0n) is 42.2. The van der Waals surface area contributed by atoms with E-state index in [4.69, 9.17) is 31.0 Å². The minimum Gasteiger partial charge on any atom is -0.490 e. The third-order valence-corrected chi connectivity index (χ3v) is 12.0. The smallest absolute Gasteiger partial charge is 0.337 e. The number of methoxy groups -OCH3 is 2. The Bertz CT molecular complexity index is 2680. The predicted molar refractivity (Wildman–Crippen MR) is 285 cm³/mol. The number of hydrogen-bond donors (Lipinski definition) is 3. The molecule has 6 aromatic carbocycles. The molecular formula is C57H62ClN5O11. The number of carbonyl (C=O) groups is 6. The van der Waals surface area contributed by atoms with E-state index in [1.807, 2.05) is 48.5 Å². The van der Waals surface area contributed by atoms with Gasteiger partial charge in [-0.15, -0.1) is 0 Å². The van der Waals surface area contributed by atoms with Gasteiger partial charge in [0.05, 0.1) is 49.8 Å². The number of amides is 3. The molecule has 3 amide bonds. The van der Waals surface area contributed by atoms with Crippen LogP contribution in [-0.2, 0) is 15.9 Å². The summed E-state index contributed by atoms with van der Waals surface area (Å²) < 4.78 is 20.5. The molecule has 3 aliphatic rings. The highest BCUT2D eigenvalue weighted by Crippen LogP contribution is 2.35. The molecule has 0 aliphatic carbocycles. The molecule has 0 unspecified atom stereocenters. The third kappa shape index (κ3) is 16.0. The van der Waals surface area contributed by atoms with Crippen molar-refractivity contribution in [2.75, 3.05) is 81.8 Å². The van der Waals surface area contributed by atoms with Crippen molar-refractivity contribution in [1.82, 2.24) is 10.4 Å². The van der Waals surface area contributed by atoms with E-state index < -0.39 is 17.1 Å². The van der Waals surface area contributed by atoms with Gasteiger partial charge in [0.25, 0.3) is 23.0 Å². The summed E-state index contributed by atoms with van der Waals surface area (Å²) in [4.78, 5) is 75.8. The number of benzene rings is 6. The first-order valence-corrected chi connectivity index (χ1v) is 24.5. The quantitative estimate of drug-likeness (QED) is 0.0537.